The van der Waals surface area contributed by atoms with Crippen LogP contribution in [0, 0.1) is 11.3 Å². The number of hydrogen-bond donors (Lipinski definition) is 1. The fourth-order valence-corrected chi connectivity index (χ4v) is 2.49. The molecule has 0 bridgehead atoms. The van der Waals surface area contributed by atoms with Gasteiger partial charge in [-0.1, -0.05) is 35.9 Å². The summed E-state index contributed by atoms with van der Waals surface area (Å²) in [4.78, 5) is 24.1. The zero-order valence-electron chi connectivity index (χ0n) is 13.0. The zero-order chi connectivity index (χ0) is 17.5. The number of carbonyl (C=O) groups is 2. The number of benzene rings is 2. The van der Waals surface area contributed by atoms with E-state index in [0.29, 0.717) is 21.7 Å². The molecule has 5 nitrogen and oxygen atoms in total. The average molecular weight is 343 g/mol. The third-order valence-corrected chi connectivity index (χ3v) is 3.78. The Hall–Kier alpha value is -2.84. The van der Waals surface area contributed by atoms with Gasteiger partial charge in [0, 0.05) is 10.6 Å². The molecule has 0 saturated carbocycles. The van der Waals surface area contributed by atoms with Crippen LogP contribution in [0.3, 0.4) is 0 Å². The van der Waals surface area contributed by atoms with E-state index < -0.39 is 17.9 Å². The van der Waals surface area contributed by atoms with Crippen LogP contribution in [0.25, 0.3) is 0 Å². The highest BCUT2D eigenvalue weighted by Crippen LogP contribution is 2.25. The van der Waals surface area contributed by atoms with Crippen LogP contribution in [0.4, 0.5) is 0 Å². The molecule has 1 atom stereocenters. The van der Waals surface area contributed by atoms with Crippen LogP contribution in [0.15, 0.2) is 48.5 Å². The van der Waals surface area contributed by atoms with Crippen LogP contribution in [-0.4, -0.2) is 19.0 Å². The van der Waals surface area contributed by atoms with Gasteiger partial charge in [-0.05, 0) is 29.8 Å². The summed E-state index contributed by atoms with van der Waals surface area (Å²) in [6.45, 7) is 0. The van der Waals surface area contributed by atoms with Crippen LogP contribution in [-0.2, 0) is 9.53 Å². The summed E-state index contributed by atoms with van der Waals surface area (Å²) < 4.78 is 4.69. The van der Waals surface area contributed by atoms with E-state index in [9.17, 15) is 9.59 Å². The number of nitrogens with one attached hydrogen (secondary N) is 1. The molecule has 0 heterocycles. The monoisotopic (exact) mass is 342 g/mol. The third kappa shape index (κ3) is 4.34. The zero-order valence-corrected chi connectivity index (χ0v) is 13.7. The summed E-state index contributed by atoms with van der Waals surface area (Å²) in [5.41, 5.74) is 1.33. The second kappa shape index (κ2) is 8.14. The van der Waals surface area contributed by atoms with Gasteiger partial charge < -0.3 is 10.1 Å². The van der Waals surface area contributed by atoms with E-state index in [1.165, 1.54) is 13.2 Å². The number of esters is 1. The number of halogens is 1. The standard InChI is InChI=1S/C18H15ClN2O3/c1-24-17(22)10-16(14-7-2-3-8-15(14)19)21-18(23)13-6-4-5-12(9-13)11-20/h2-9,16H,10H2,1H3,(H,21,23). The van der Waals surface area contributed by atoms with E-state index in [0.717, 1.165) is 0 Å². The first-order chi connectivity index (χ1) is 11.5. The van der Waals surface area contributed by atoms with Crippen molar-refractivity contribution in [2.75, 3.05) is 7.11 Å². The van der Waals surface area contributed by atoms with Crippen molar-refractivity contribution in [3.05, 3.63) is 70.2 Å². The molecule has 0 aliphatic heterocycles. The van der Waals surface area contributed by atoms with Crippen LogP contribution in [0.5, 0.6) is 0 Å². The molecule has 24 heavy (non-hydrogen) atoms. The van der Waals surface area contributed by atoms with E-state index in [-0.39, 0.29) is 6.42 Å². The molecule has 0 fully saturated rings. The fraction of sp³-hybridized carbons (Fsp3) is 0.167. The van der Waals surface area contributed by atoms with Crippen molar-refractivity contribution >= 4 is 23.5 Å². The minimum atomic E-state index is -0.635. The Labute approximate surface area is 144 Å². The van der Waals surface area contributed by atoms with Crippen LogP contribution in [0.1, 0.15) is 33.9 Å². The Morgan fingerprint density at radius 3 is 2.67 bits per heavy atom. The van der Waals surface area contributed by atoms with Gasteiger partial charge in [-0.2, -0.15) is 5.26 Å². The Morgan fingerprint density at radius 2 is 2.00 bits per heavy atom. The second-order valence-electron chi connectivity index (χ2n) is 5.02. The van der Waals surface area contributed by atoms with Crippen molar-refractivity contribution in [2.45, 2.75) is 12.5 Å². The van der Waals surface area contributed by atoms with E-state index >= 15 is 0 Å². The van der Waals surface area contributed by atoms with Gasteiger partial charge in [0.25, 0.3) is 5.91 Å². The lowest BCUT2D eigenvalue weighted by molar-refractivity contribution is -0.141. The first-order valence-electron chi connectivity index (χ1n) is 7.17. The second-order valence-corrected chi connectivity index (χ2v) is 5.43. The van der Waals surface area contributed by atoms with Gasteiger partial charge in [0.05, 0.1) is 31.2 Å². The largest absolute Gasteiger partial charge is 0.469 e. The summed E-state index contributed by atoms with van der Waals surface area (Å²) >= 11 is 6.18. The molecular formula is C18H15ClN2O3. The molecule has 6 heteroatoms. The molecule has 122 valence electrons. The lowest BCUT2D eigenvalue weighted by atomic mass is 10.0. The maximum absolute atomic E-state index is 12.5. The molecule has 2 aromatic carbocycles. The predicted octanol–water partition coefficient (Wildman–Crippen LogP) is 3.25. The Morgan fingerprint density at radius 1 is 1.25 bits per heavy atom. The van der Waals surface area contributed by atoms with Crippen molar-refractivity contribution in [2.24, 2.45) is 0 Å². The number of nitrogens with zero attached hydrogens (tertiary/aromatic N) is 1. The van der Waals surface area contributed by atoms with Crippen molar-refractivity contribution in [3.8, 4) is 6.07 Å². The van der Waals surface area contributed by atoms with Gasteiger partial charge in [0.2, 0.25) is 0 Å². The molecule has 1 amide bonds. The number of nitriles is 1. The maximum Gasteiger partial charge on any atom is 0.307 e. The van der Waals surface area contributed by atoms with E-state index in [2.05, 4.69) is 10.1 Å². The van der Waals surface area contributed by atoms with Gasteiger partial charge in [0.1, 0.15) is 0 Å². The van der Waals surface area contributed by atoms with Crippen molar-refractivity contribution in [1.29, 1.82) is 5.26 Å². The normalized spacial score (nSPS) is 11.2. The molecule has 1 unspecified atom stereocenters. The first-order valence-corrected chi connectivity index (χ1v) is 7.55. The molecular weight excluding hydrogens is 328 g/mol. The number of rotatable bonds is 5. The summed E-state index contributed by atoms with van der Waals surface area (Å²) in [6.07, 6.45) is -0.0517. The maximum atomic E-state index is 12.5. The molecule has 2 rings (SSSR count). The number of ether oxygens (including phenoxy) is 1. The Bertz CT molecular complexity index is 799. The fourth-order valence-electron chi connectivity index (χ4n) is 2.22. The summed E-state index contributed by atoms with van der Waals surface area (Å²) in [6, 6.07) is 14.6. The van der Waals surface area contributed by atoms with Crippen molar-refractivity contribution < 1.29 is 14.3 Å². The smallest absolute Gasteiger partial charge is 0.307 e. The molecule has 2 aromatic rings. The molecule has 0 saturated heterocycles. The van der Waals surface area contributed by atoms with Crippen molar-refractivity contribution in [1.82, 2.24) is 5.32 Å². The minimum Gasteiger partial charge on any atom is -0.469 e. The summed E-state index contributed by atoms with van der Waals surface area (Å²) in [5, 5.41) is 12.1. The van der Waals surface area contributed by atoms with Gasteiger partial charge in [0.15, 0.2) is 0 Å². The number of carbonyl (C=O) groups excluding carboxylic acids is 2. The van der Waals surface area contributed by atoms with E-state index in [4.69, 9.17) is 16.9 Å². The van der Waals surface area contributed by atoms with E-state index in [1.54, 1.807) is 42.5 Å². The molecule has 0 aliphatic rings. The van der Waals surface area contributed by atoms with Gasteiger partial charge in [-0.15, -0.1) is 0 Å². The molecule has 0 spiro atoms. The third-order valence-electron chi connectivity index (χ3n) is 3.44. The summed E-state index contributed by atoms with van der Waals surface area (Å²) in [5.74, 6) is -0.869. The highest BCUT2D eigenvalue weighted by Gasteiger charge is 2.21. The van der Waals surface area contributed by atoms with Crippen molar-refractivity contribution in [3.63, 3.8) is 0 Å². The quantitative estimate of drug-likeness (QED) is 0.846. The SMILES string of the molecule is COC(=O)CC(NC(=O)c1cccc(C#N)c1)c1ccccc1Cl. The topological polar surface area (TPSA) is 79.2 Å². The Balaban J connectivity index is 2.27. The number of methoxy groups -OCH3 is 1. The molecule has 0 aromatic heterocycles. The highest BCUT2D eigenvalue weighted by molar-refractivity contribution is 6.31. The number of hydrogen-bond acceptors (Lipinski definition) is 4. The van der Waals surface area contributed by atoms with Crippen LogP contribution >= 0.6 is 11.6 Å². The molecule has 0 radical (unpaired) electrons. The average Bonchev–Trinajstić information content (AvgIpc) is 2.61. The van der Waals surface area contributed by atoms with Gasteiger partial charge >= 0.3 is 5.97 Å². The van der Waals surface area contributed by atoms with Gasteiger partial charge in [-0.3, -0.25) is 9.59 Å². The van der Waals surface area contributed by atoms with Crippen LogP contribution in [0.2, 0.25) is 5.02 Å². The predicted molar refractivity (Wildman–Crippen MR) is 89.4 cm³/mol. The van der Waals surface area contributed by atoms with Crippen LogP contribution < -0.4 is 5.32 Å². The summed E-state index contributed by atoms with van der Waals surface area (Å²) in [7, 11) is 1.28. The lowest BCUT2D eigenvalue weighted by Gasteiger charge is -2.19. The van der Waals surface area contributed by atoms with Gasteiger partial charge in [-0.25, -0.2) is 0 Å². The first kappa shape index (κ1) is 17.5. The lowest BCUT2D eigenvalue weighted by Crippen LogP contribution is -2.30. The number of amides is 1. The molecule has 0 aliphatic carbocycles. The van der Waals surface area contributed by atoms with E-state index in [1.807, 2.05) is 6.07 Å². The molecule has 1 N–H and O–H groups in total. The minimum absolute atomic E-state index is 0.0517. The Kier molecular flexibility index (Phi) is 5.94. The highest BCUT2D eigenvalue weighted by atomic mass is 35.5.